The van der Waals surface area contributed by atoms with Gasteiger partial charge in [0.1, 0.15) is 0 Å². The Balaban J connectivity index is 0.00000280. The van der Waals surface area contributed by atoms with Gasteiger partial charge >= 0.3 is 0 Å². The quantitative estimate of drug-likeness (QED) is 0.367. The normalized spacial score (nSPS) is 17.6. The summed E-state index contributed by atoms with van der Waals surface area (Å²) in [4.78, 5) is 6.77. The molecule has 0 spiro atoms. The zero-order valence-electron chi connectivity index (χ0n) is 16.7. The second-order valence-electron chi connectivity index (χ2n) is 7.00. The lowest BCUT2D eigenvalue weighted by atomic mass is 10.1. The van der Waals surface area contributed by atoms with Crippen molar-refractivity contribution in [2.45, 2.75) is 32.7 Å². The molecule has 0 aromatic heterocycles. The van der Waals surface area contributed by atoms with E-state index in [1.165, 1.54) is 16.7 Å². The van der Waals surface area contributed by atoms with Crippen LogP contribution in [0.1, 0.15) is 23.6 Å². The number of rotatable bonds is 6. The molecule has 3 rings (SSSR count). The first-order valence-corrected chi connectivity index (χ1v) is 9.63. The van der Waals surface area contributed by atoms with Gasteiger partial charge < -0.3 is 15.4 Å². The molecule has 0 amide bonds. The minimum Gasteiger partial charge on any atom is -0.376 e. The van der Waals surface area contributed by atoms with Crippen LogP contribution in [-0.4, -0.2) is 43.7 Å². The van der Waals surface area contributed by atoms with E-state index in [4.69, 9.17) is 4.74 Å². The average Bonchev–Trinajstić information content (AvgIpc) is 2.69. The SMILES string of the molecule is CN=C(NCc1ccccc1)NCc1cccc(CN2CCOC(C)C2)c1.I. The van der Waals surface area contributed by atoms with Gasteiger partial charge in [0.25, 0.3) is 0 Å². The molecule has 28 heavy (non-hydrogen) atoms. The largest absolute Gasteiger partial charge is 0.376 e. The van der Waals surface area contributed by atoms with E-state index < -0.39 is 0 Å². The average molecular weight is 494 g/mol. The lowest BCUT2D eigenvalue weighted by molar-refractivity contribution is -0.0212. The molecule has 1 aliphatic heterocycles. The van der Waals surface area contributed by atoms with Crippen LogP contribution in [0, 0.1) is 0 Å². The van der Waals surface area contributed by atoms with Crippen LogP contribution in [0.2, 0.25) is 0 Å². The van der Waals surface area contributed by atoms with Crippen molar-refractivity contribution in [1.82, 2.24) is 15.5 Å². The van der Waals surface area contributed by atoms with Gasteiger partial charge in [0.15, 0.2) is 5.96 Å². The Bertz CT molecular complexity index is 738. The topological polar surface area (TPSA) is 48.9 Å². The second kappa shape index (κ2) is 12.0. The van der Waals surface area contributed by atoms with Gasteiger partial charge in [-0.2, -0.15) is 0 Å². The van der Waals surface area contributed by atoms with Crippen LogP contribution in [0.5, 0.6) is 0 Å². The second-order valence-corrected chi connectivity index (χ2v) is 7.00. The van der Waals surface area contributed by atoms with Gasteiger partial charge in [0, 0.05) is 39.8 Å². The number of aliphatic imine (C=N–C) groups is 1. The molecule has 2 N–H and O–H groups in total. The first-order valence-electron chi connectivity index (χ1n) is 9.63. The van der Waals surface area contributed by atoms with E-state index >= 15 is 0 Å². The lowest BCUT2D eigenvalue weighted by Gasteiger charge is -2.31. The van der Waals surface area contributed by atoms with Gasteiger partial charge in [-0.05, 0) is 23.6 Å². The van der Waals surface area contributed by atoms with Gasteiger partial charge in [-0.15, -0.1) is 24.0 Å². The summed E-state index contributed by atoms with van der Waals surface area (Å²) < 4.78 is 5.63. The highest BCUT2D eigenvalue weighted by molar-refractivity contribution is 14.0. The lowest BCUT2D eigenvalue weighted by Crippen LogP contribution is -2.40. The number of guanidine groups is 1. The zero-order valence-corrected chi connectivity index (χ0v) is 19.1. The molecular weight excluding hydrogens is 463 g/mol. The minimum absolute atomic E-state index is 0. The third-order valence-electron chi connectivity index (χ3n) is 4.71. The summed E-state index contributed by atoms with van der Waals surface area (Å²) in [5, 5.41) is 6.76. The van der Waals surface area contributed by atoms with Gasteiger partial charge in [-0.1, -0.05) is 54.6 Å². The fraction of sp³-hybridized carbons (Fsp3) is 0.409. The maximum absolute atomic E-state index is 5.63. The number of ether oxygens (including phenoxy) is 1. The molecular formula is C22H31IN4O. The molecule has 6 heteroatoms. The van der Waals surface area contributed by atoms with Crippen LogP contribution < -0.4 is 10.6 Å². The highest BCUT2D eigenvalue weighted by Gasteiger charge is 2.16. The summed E-state index contributed by atoms with van der Waals surface area (Å²) in [7, 11) is 1.80. The number of nitrogens with zero attached hydrogens (tertiary/aromatic N) is 2. The highest BCUT2D eigenvalue weighted by atomic mass is 127. The van der Waals surface area contributed by atoms with Crippen molar-refractivity contribution in [1.29, 1.82) is 0 Å². The predicted molar refractivity (Wildman–Crippen MR) is 126 cm³/mol. The molecule has 2 aromatic rings. The van der Waals surface area contributed by atoms with Crippen molar-refractivity contribution in [3.8, 4) is 0 Å². The van der Waals surface area contributed by atoms with Crippen molar-refractivity contribution in [3.63, 3.8) is 0 Å². The molecule has 152 valence electrons. The Labute approximate surface area is 185 Å². The number of nitrogens with one attached hydrogen (secondary N) is 2. The van der Waals surface area contributed by atoms with Crippen LogP contribution in [0.25, 0.3) is 0 Å². The van der Waals surface area contributed by atoms with Gasteiger partial charge in [-0.25, -0.2) is 0 Å². The minimum atomic E-state index is 0. The smallest absolute Gasteiger partial charge is 0.191 e. The van der Waals surface area contributed by atoms with Crippen molar-refractivity contribution < 1.29 is 4.74 Å². The van der Waals surface area contributed by atoms with Crippen LogP contribution in [-0.2, 0) is 24.4 Å². The summed E-state index contributed by atoms with van der Waals surface area (Å²) in [5.74, 6) is 0.811. The summed E-state index contributed by atoms with van der Waals surface area (Å²) >= 11 is 0. The molecule has 2 aromatic carbocycles. The molecule has 1 unspecified atom stereocenters. The first-order chi connectivity index (χ1) is 13.2. The predicted octanol–water partition coefficient (Wildman–Crippen LogP) is 3.39. The molecule has 5 nitrogen and oxygen atoms in total. The van der Waals surface area contributed by atoms with Crippen molar-refractivity contribution in [3.05, 3.63) is 71.3 Å². The van der Waals surface area contributed by atoms with E-state index in [1.54, 1.807) is 7.05 Å². The molecule has 0 radical (unpaired) electrons. The van der Waals surface area contributed by atoms with Gasteiger partial charge in [0.2, 0.25) is 0 Å². The van der Waals surface area contributed by atoms with Crippen LogP contribution >= 0.6 is 24.0 Å². The van der Waals surface area contributed by atoms with Crippen LogP contribution in [0.3, 0.4) is 0 Å². The molecule has 0 aliphatic carbocycles. The van der Waals surface area contributed by atoms with Gasteiger partial charge in [0.05, 0.1) is 12.7 Å². The zero-order chi connectivity index (χ0) is 18.9. The Kier molecular flexibility index (Phi) is 9.73. The fourth-order valence-electron chi connectivity index (χ4n) is 3.32. The molecule has 1 heterocycles. The molecule has 1 saturated heterocycles. The summed E-state index contributed by atoms with van der Waals surface area (Å²) in [6.07, 6.45) is 0.322. The maximum Gasteiger partial charge on any atom is 0.191 e. The third-order valence-corrected chi connectivity index (χ3v) is 4.71. The Morgan fingerprint density at radius 1 is 1.04 bits per heavy atom. The van der Waals surface area contributed by atoms with E-state index in [1.807, 2.05) is 18.2 Å². The molecule has 1 fully saturated rings. The standard InChI is InChI=1S/C22H30N4O.HI/c1-18-16-26(11-12-27-18)17-21-10-6-9-20(13-21)15-25-22(23-2)24-14-19-7-4-3-5-8-19;/h3-10,13,18H,11-12,14-17H2,1-2H3,(H2,23,24,25);1H. The number of morpholine rings is 1. The number of hydrogen-bond donors (Lipinski definition) is 2. The molecule has 0 bridgehead atoms. The Hall–Kier alpha value is -1.64. The highest BCUT2D eigenvalue weighted by Crippen LogP contribution is 2.12. The summed E-state index contributed by atoms with van der Waals surface area (Å²) in [5.41, 5.74) is 3.84. The summed E-state index contributed by atoms with van der Waals surface area (Å²) in [6, 6.07) is 19.1. The Morgan fingerprint density at radius 2 is 1.71 bits per heavy atom. The third kappa shape index (κ3) is 7.41. The monoisotopic (exact) mass is 494 g/mol. The maximum atomic E-state index is 5.63. The van der Waals surface area contributed by atoms with Crippen molar-refractivity contribution in [2.75, 3.05) is 26.7 Å². The van der Waals surface area contributed by atoms with E-state index in [0.29, 0.717) is 6.10 Å². The van der Waals surface area contributed by atoms with E-state index in [-0.39, 0.29) is 24.0 Å². The molecule has 1 aliphatic rings. The van der Waals surface area contributed by atoms with Crippen molar-refractivity contribution in [2.24, 2.45) is 4.99 Å². The van der Waals surface area contributed by atoms with E-state index in [0.717, 1.165) is 45.3 Å². The molecule has 0 saturated carbocycles. The first kappa shape index (κ1) is 22.6. The van der Waals surface area contributed by atoms with E-state index in [2.05, 4.69) is 63.8 Å². The molecule has 1 atom stereocenters. The van der Waals surface area contributed by atoms with Crippen LogP contribution in [0.4, 0.5) is 0 Å². The number of benzene rings is 2. The van der Waals surface area contributed by atoms with Crippen molar-refractivity contribution >= 4 is 29.9 Å². The van der Waals surface area contributed by atoms with Crippen LogP contribution in [0.15, 0.2) is 59.6 Å². The van der Waals surface area contributed by atoms with E-state index in [9.17, 15) is 0 Å². The van der Waals surface area contributed by atoms with Gasteiger partial charge in [-0.3, -0.25) is 9.89 Å². The number of halogens is 1. The number of hydrogen-bond acceptors (Lipinski definition) is 3. The Morgan fingerprint density at radius 3 is 2.43 bits per heavy atom. The fourth-order valence-corrected chi connectivity index (χ4v) is 3.32. The summed E-state index contributed by atoms with van der Waals surface area (Å²) in [6.45, 7) is 7.45.